The van der Waals surface area contributed by atoms with Gasteiger partial charge in [-0.3, -0.25) is 9.88 Å². The highest BCUT2D eigenvalue weighted by Gasteiger charge is 2.33. The molecule has 206 valence electrons. The van der Waals surface area contributed by atoms with Crippen LogP contribution in [0.25, 0.3) is 16.6 Å². The summed E-state index contributed by atoms with van der Waals surface area (Å²) in [5.41, 5.74) is 2.32. The van der Waals surface area contributed by atoms with Crippen LogP contribution in [0.5, 0.6) is 0 Å². The van der Waals surface area contributed by atoms with Crippen LogP contribution in [0.3, 0.4) is 0 Å². The molecule has 0 saturated carbocycles. The van der Waals surface area contributed by atoms with Crippen molar-refractivity contribution in [2.45, 2.75) is 56.8 Å². The van der Waals surface area contributed by atoms with Crippen LogP contribution in [0.2, 0.25) is 0 Å². The van der Waals surface area contributed by atoms with Gasteiger partial charge < -0.3 is 10.4 Å². The van der Waals surface area contributed by atoms with E-state index in [0.29, 0.717) is 41.3 Å². The fourth-order valence-corrected chi connectivity index (χ4v) is 6.63. The summed E-state index contributed by atoms with van der Waals surface area (Å²) < 4.78 is 42.8. The molecule has 4 heterocycles. The van der Waals surface area contributed by atoms with Crippen molar-refractivity contribution in [1.29, 1.82) is 0 Å². The number of aromatic nitrogens is 4. The van der Waals surface area contributed by atoms with E-state index in [2.05, 4.69) is 46.1 Å². The Kier molecular flexibility index (Phi) is 7.41. The van der Waals surface area contributed by atoms with Gasteiger partial charge in [0.05, 0.1) is 45.9 Å². The fraction of sp³-hybridized carbons (Fsp3) is 0.393. The maximum Gasteiger partial charge on any atom is 0.158 e. The largest absolute Gasteiger partial charge is 0.390 e. The maximum absolute atomic E-state index is 14.9. The van der Waals surface area contributed by atoms with Crippen LogP contribution in [0.1, 0.15) is 45.0 Å². The normalized spacial score (nSPS) is 15.6. The van der Waals surface area contributed by atoms with E-state index < -0.39 is 15.7 Å². The van der Waals surface area contributed by atoms with E-state index in [1.54, 1.807) is 42.7 Å². The molecular weight excluding hydrogens is 519 g/mol. The van der Waals surface area contributed by atoms with Crippen LogP contribution in [0, 0.1) is 5.82 Å². The molecule has 0 atom stereocenters. The van der Waals surface area contributed by atoms with E-state index >= 15 is 0 Å². The number of fused-ring (bicyclic) bond motifs is 1. The zero-order valence-electron chi connectivity index (χ0n) is 22.3. The van der Waals surface area contributed by atoms with Gasteiger partial charge in [0.25, 0.3) is 0 Å². The minimum atomic E-state index is -3.36. The fourth-order valence-electron chi connectivity index (χ4n) is 4.89. The van der Waals surface area contributed by atoms with Crippen LogP contribution in [0.4, 0.5) is 15.9 Å². The molecule has 9 nitrogen and oxygen atoms in total. The lowest BCUT2D eigenvalue weighted by Crippen LogP contribution is -2.48. The van der Waals surface area contributed by atoms with Crippen molar-refractivity contribution in [2.24, 2.45) is 0 Å². The van der Waals surface area contributed by atoms with Crippen molar-refractivity contribution < 1.29 is 17.9 Å². The Hall–Kier alpha value is -3.41. The SMILES string of the molecule is CC(C)(C)N1CCC(S(=O)(=O)Cc2ccc3cnc(Nc4ccc(-n5ccc(CO)n5)cc4F)cc3n2)CC1. The summed E-state index contributed by atoms with van der Waals surface area (Å²) in [5, 5.41) is 16.7. The summed E-state index contributed by atoms with van der Waals surface area (Å²) in [7, 11) is -3.36. The van der Waals surface area contributed by atoms with Gasteiger partial charge in [0, 0.05) is 35.5 Å². The molecule has 0 spiro atoms. The van der Waals surface area contributed by atoms with Crippen LogP contribution in [-0.2, 0) is 22.2 Å². The number of benzene rings is 1. The smallest absolute Gasteiger partial charge is 0.158 e. The number of rotatable bonds is 7. The van der Waals surface area contributed by atoms with E-state index in [-0.39, 0.29) is 28.8 Å². The molecule has 1 aliphatic rings. The molecule has 1 saturated heterocycles. The van der Waals surface area contributed by atoms with E-state index in [1.165, 1.54) is 10.7 Å². The number of hydrogen-bond acceptors (Lipinski definition) is 8. The number of nitrogens with one attached hydrogen (secondary N) is 1. The van der Waals surface area contributed by atoms with Gasteiger partial charge >= 0.3 is 0 Å². The molecule has 4 aromatic rings. The molecule has 1 fully saturated rings. The lowest BCUT2D eigenvalue weighted by atomic mass is 10.0. The van der Waals surface area contributed by atoms with Crippen LogP contribution < -0.4 is 5.32 Å². The number of piperidine rings is 1. The van der Waals surface area contributed by atoms with E-state index in [9.17, 15) is 17.9 Å². The topological polar surface area (TPSA) is 113 Å². The number of sulfone groups is 1. The summed E-state index contributed by atoms with van der Waals surface area (Å²) in [4.78, 5) is 11.3. The third kappa shape index (κ3) is 6.10. The first-order valence-electron chi connectivity index (χ1n) is 13.0. The van der Waals surface area contributed by atoms with E-state index in [1.807, 2.05) is 6.07 Å². The third-order valence-electron chi connectivity index (χ3n) is 7.17. The van der Waals surface area contributed by atoms with Crippen molar-refractivity contribution in [3.05, 3.63) is 72.1 Å². The zero-order valence-corrected chi connectivity index (χ0v) is 23.1. The number of likely N-dealkylation sites (tertiary alicyclic amines) is 1. The van der Waals surface area contributed by atoms with Crippen molar-refractivity contribution >= 4 is 32.2 Å². The molecular formula is C28H33FN6O3S. The minimum Gasteiger partial charge on any atom is -0.390 e. The summed E-state index contributed by atoms with van der Waals surface area (Å²) in [6, 6.07) is 11.5. The van der Waals surface area contributed by atoms with Crippen molar-refractivity contribution in [3.8, 4) is 5.69 Å². The highest BCUT2D eigenvalue weighted by molar-refractivity contribution is 7.91. The van der Waals surface area contributed by atoms with Gasteiger partial charge in [-0.25, -0.2) is 22.5 Å². The Morgan fingerprint density at radius 1 is 1.08 bits per heavy atom. The predicted molar refractivity (Wildman–Crippen MR) is 149 cm³/mol. The number of aliphatic hydroxyl groups excluding tert-OH is 1. The maximum atomic E-state index is 14.9. The third-order valence-corrected chi connectivity index (χ3v) is 9.35. The number of hydrogen-bond donors (Lipinski definition) is 2. The van der Waals surface area contributed by atoms with Crippen LogP contribution in [-0.4, -0.2) is 62.1 Å². The van der Waals surface area contributed by atoms with Gasteiger partial charge in [0.2, 0.25) is 0 Å². The number of anilines is 2. The summed E-state index contributed by atoms with van der Waals surface area (Å²) in [6.07, 6.45) is 4.52. The molecule has 39 heavy (non-hydrogen) atoms. The molecule has 1 aliphatic heterocycles. The van der Waals surface area contributed by atoms with Gasteiger partial charge in [0.1, 0.15) is 11.6 Å². The van der Waals surface area contributed by atoms with Gasteiger partial charge in [-0.1, -0.05) is 0 Å². The van der Waals surface area contributed by atoms with Crippen molar-refractivity contribution in [2.75, 3.05) is 18.4 Å². The average molecular weight is 553 g/mol. The quantitative estimate of drug-likeness (QED) is 0.348. The second-order valence-electron chi connectivity index (χ2n) is 10.9. The summed E-state index contributed by atoms with van der Waals surface area (Å²) in [5.74, 6) is -0.228. The zero-order chi connectivity index (χ0) is 27.8. The predicted octanol–water partition coefficient (Wildman–Crippen LogP) is 4.37. The van der Waals surface area contributed by atoms with Crippen molar-refractivity contribution in [3.63, 3.8) is 0 Å². The standard InChI is InChI=1S/C28H33FN6O3S/c1-28(2,3)34-11-9-23(10-12-34)39(37,38)18-21-5-4-19-16-30-27(15-26(19)31-21)32-25-7-6-22(14-24(25)29)35-13-8-20(17-36)33-35/h4-8,13-16,23,36H,9-12,17-18H2,1-3H3,(H,30,32). The molecule has 3 aromatic heterocycles. The minimum absolute atomic E-state index is 0.0313. The Morgan fingerprint density at radius 3 is 2.51 bits per heavy atom. The van der Waals surface area contributed by atoms with E-state index in [0.717, 1.165) is 18.5 Å². The second kappa shape index (κ2) is 10.6. The first-order chi connectivity index (χ1) is 18.5. The van der Waals surface area contributed by atoms with Gasteiger partial charge in [-0.05, 0) is 77.0 Å². The molecule has 11 heteroatoms. The Bertz CT molecular complexity index is 1590. The second-order valence-corrected chi connectivity index (χ2v) is 13.2. The lowest BCUT2D eigenvalue weighted by molar-refractivity contribution is 0.112. The number of pyridine rings is 2. The molecule has 1 aromatic carbocycles. The molecule has 0 bridgehead atoms. The Morgan fingerprint density at radius 2 is 1.85 bits per heavy atom. The molecule has 2 N–H and O–H groups in total. The highest BCUT2D eigenvalue weighted by atomic mass is 32.2. The monoisotopic (exact) mass is 552 g/mol. The van der Waals surface area contributed by atoms with Crippen molar-refractivity contribution in [1.82, 2.24) is 24.6 Å². The molecule has 0 amide bonds. The van der Waals surface area contributed by atoms with Crippen LogP contribution >= 0.6 is 0 Å². The van der Waals surface area contributed by atoms with Gasteiger partial charge in [0.15, 0.2) is 9.84 Å². The molecule has 0 aliphatic carbocycles. The summed E-state index contributed by atoms with van der Waals surface area (Å²) in [6.45, 7) is 7.79. The average Bonchev–Trinajstić information content (AvgIpc) is 3.38. The number of aliphatic hydroxyl groups is 1. The van der Waals surface area contributed by atoms with E-state index in [4.69, 9.17) is 0 Å². The highest BCUT2D eigenvalue weighted by Crippen LogP contribution is 2.27. The van der Waals surface area contributed by atoms with Gasteiger partial charge in [-0.15, -0.1) is 0 Å². The number of halogens is 1. The molecule has 0 radical (unpaired) electrons. The molecule has 5 rings (SSSR count). The number of nitrogens with zero attached hydrogens (tertiary/aromatic N) is 5. The molecule has 0 unspecified atom stereocenters. The first kappa shape index (κ1) is 27.2. The lowest BCUT2D eigenvalue weighted by Gasteiger charge is -2.40. The Balaban J connectivity index is 1.30. The Labute approximate surface area is 227 Å². The summed E-state index contributed by atoms with van der Waals surface area (Å²) >= 11 is 0. The van der Waals surface area contributed by atoms with Gasteiger partial charge in [-0.2, -0.15) is 5.10 Å². The first-order valence-corrected chi connectivity index (χ1v) is 14.7. The van der Waals surface area contributed by atoms with Crippen LogP contribution in [0.15, 0.2) is 54.9 Å².